The van der Waals surface area contributed by atoms with Crippen LogP contribution < -0.4 is 5.32 Å². The monoisotopic (exact) mass is 295 g/mol. The largest absolute Gasteiger partial charge is 0.367 e. The lowest BCUT2D eigenvalue weighted by molar-refractivity contribution is -0.126. The fraction of sp³-hybridized carbons (Fsp3) is 0.500. The number of unbranched alkanes of at least 4 members (excludes halogenated alkanes) is 2. The van der Waals surface area contributed by atoms with Gasteiger partial charge in [0.2, 0.25) is 5.91 Å². The maximum absolute atomic E-state index is 12.7. The third kappa shape index (κ3) is 8.92. The van der Waals surface area contributed by atoms with Crippen molar-refractivity contribution in [1.29, 1.82) is 0 Å². The van der Waals surface area contributed by atoms with Crippen molar-refractivity contribution in [2.75, 3.05) is 13.2 Å². The Morgan fingerprint density at radius 2 is 1.86 bits per heavy atom. The van der Waals surface area contributed by atoms with Crippen LogP contribution in [0.5, 0.6) is 0 Å². The summed E-state index contributed by atoms with van der Waals surface area (Å²) in [6.07, 6.45) is 3.26. The Balaban J connectivity index is 2.01. The summed E-state index contributed by atoms with van der Waals surface area (Å²) in [5.41, 5.74) is 0.827. The average molecular weight is 295 g/mol. The number of nitrogens with one attached hydrogen (secondary N) is 1. The lowest BCUT2D eigenvalue weighted by Gasteiger charge is -2.06. The fourth-order valence-electron chi connectivity index (χ4n) is 1.80. The third-order valence-corrected chi connectivity index (χ3v) is 2.94. The molecule has 1 N–H and O–H groups in total. The predicted molar refractivity (Wildman–Crippen MR) is 78.2 cm³/mol. The molecule has 0 saturated heterocycles. The number of Topliss-reactive ketones (excluding diaryl/α,β-unsaturated/α-hetero) is 1. The van der Waals surface area contributed by atoms with Gasteiger partial charge in [0, 0.05) is 13.0 Å². The second-order valence-electron chi connectivity index (χ2n) is 4.98. The molecule has 1 amide bonds. The summed E-state index contributed by atoms with van der Waals surface area (Å²) in [5, 5.41) is 2.76. The molecular weight excluding hydrogens is 273 g/mol. The van der Waals surface area contributed by atoms with Gasteiger partial charge in [0.05, 0.1) is 6.61 Å². The summed E-state index contributed by atoms with van der Waals surface area (Å²) in [7, 11) is 0. The summed E-state index contributed by atoms with van der Waals surface area (Å²) in [6.45, 7) is 2.45. The molecule has 0 aliphatic heterocycles. The van der Waals surface area contributed by atoms with Crippen LogP contribution in [-0.2, 0) is 20.9 Å². The molecule has 1 aromatic carbocycles. The standard InChI is InChI=1S/C16H22FNO3/c1-13(19)5-3-2-4-10-18-16(20)12-21-11-14-6-8-15(17)9-7-14/h6-9H,2-5,10-12H2,1H3,(H,18,20). The van der Waals surface area contributed by atoms with E-state index in [0.717, 1.165) is 24.8 Å². The molecule has 0 heterocycles. The van der Waals surface area contributed by atoms with Gasteiger partial charge in [0.15, 0.2) is 0 Å². The average Bonchev–Trinajstić information content (AvgIpc) is 2.44. The van der Waals surface area contributed by atoms with E-state index in [0.29, 0.717) is 13.0 Å². The Kier molecular flexibility index (Phi) is 8.28. The topological polar surface area (TPSA) is 55.4 Å². The fourth-order valence-corrected chi connectivity index (χ4v) is 1.80. The molecule has 21 heavy (non-hydrogen) atoms. The van der Waals surface area contributed by atoms with Crippen LogP contribution in [-0.4, -0.2) is 24.8 Å². The van der Waals surface area contributed by atoms with E-state index in [1.54, 1.807) is 19.1 Å². The minimum Gasteiger partial charge on any atom is -0.367 e. The number of hydrogen-bond acceptors (Lipinski definition) is 3. The van der Waals surface area contributed by atoms with Gasteiger partial charge in [-0.1, -0.05) is 18.6 Å². The summed E-state index contributed by atoms with van der Waals surface area (Å²) >= 11 is 0. The Labute approximate surface area is 124 Å². The number of amides is 1. The highest BCUT2D eigenvalue weighted by atomic mass is 19.1. The molecule has 0 aromatic heterocycles. The second kappa shape index (κ2) is 10.0. The molecule has 0 saturated carbocycles. The molecule has 0 radical (unpaired) electrons. The van der Waals surface area contributed by atoms with Gasteiger partial charge in [-0.05, 0) is 37.5 Å². The molecule has 0 bridgehead atoms. The molecule has 0 aliphatic rings. The molecule has 0 fully saturated rings. The molecular formula is C16H22FNO3. The van der Waals surface area contributed by atoms with E-state index in [2.05, 4.69) is 5.32 Å². The van der Waals surface area contributed by atoms with Gasteiger partial charge in [-0.2, -0.15) is 0 Å². The van der Waals surface area contributed by atoms with Crippen LogP contribution in [0.3, 0.4) is 0 Å². The third-order valence-electron chi connectivity index (χ3n) is 2.94. The number of rotatable bonds is 10. The highest BCUT2D eigenvalue weighted by Gasteiger charge is 2.01. The molecule has 0 unspecified atom stereocenters. The smallest absolute Gasteiger partial charge is 0.246 e. The molecule has 1 rings (SSSR count). The van der Waals surface area contributed by atoms with Gasteiger partial charge in [-0.25, -0.2) is 4.39 Å². The van der Waals surface area contributed by atoms with Crippen LogP contribution >= 0.6 is 0 Å². The van der Waals surface area contributed by atoms with Crippen molar-refractivity contribution in [1.82, 2.24) is 5.32 Å². The first-order valence-corrected chi connectivity index (χ1v) is 7.16. The van der Waals surface area contributed by atoms with Crippen molar-refractivity contribution in [2.45, 2.75) is 39.2 Å². The molecule has 0 atom stereocenters. The molecule has 116 valence electrons. The van der Waals surface area contributed by atoms with Crippen molar-refractivity contribution >= 4 is 11.7 Å². The maximum atomic E-state index is 12.7. The zero-order chi connectivity index (χ0) is 15.5. The molecule has 5 heteroatoms. The van der Waals surface area contributed by atoms with E-state index in [4.69, 9.17) is 4.74 Å². The first-order valence-electron chi connectivity index (χ1n) is 7.16. The van der Waals surface area contributed by atoms with Crippen LogP contribution in [0.1, 0.15) is 38.2 Å². The van der Waals surface area contributed by atoms with E-state index in [1.807, 2.05) is 0 Å². The zero-order valence-electron chi connectivity index (χ0n) is 12.4. The summed E-state index contributed by atoms with van der Waals surface area (Å²) in [4.78, 5) is 22.2. The zero-order valence-corrected chi connectivity index (χ0v) is 12.4. The van der Waals surface area contributed by atoms with Crippen LogP contribution in [0, 0.1) is 5.82 Å². The van der Waals surface area contributed by atoms with E-state index < -0.39 is 0 Å². The Morgan fingerprint density at radius 3 is 2.52 bits per heavy atom. The molecule has 4 nitrogen and oxygen atoms in total. The SMILES string of the molecule is CC(=O)CCCCCNC(=O)COCc1ccc(F)cc1. The minimum absolute atomic E-state index is 0.00910. The summed E-state index contributed by atoms with van der Waals surface area (Å²) in [5.74, 6) is -0.252. The van der Waals surface area contributed by atoms with Gasteiger partial charge < -0.3 is 14.8 Å². The Morgan fingerprint density at radius 1 is 1.14 bits per heavy atom. The second-order valence-corrected chi connectivity index (χ2v) is 4.98. The van der Waals surface area contributed by atoms with Crippen LogP contribution in [0.2, 0.25) is 0 Å². The molecule has 0 spiro atoms. The number of ether oxygens (including phenoxy) is 1. The van der Waals surface area contributed by atoms with Crippen molar-refractivity contribution in [3.63, 3.8) is 0 Å². The number of carbonyl (C=O) groups is 2. The van der Waals surface area contributed by atoms with Crippen molar-refractivity contribution in [3.8, 4) is 0 Å². The quantitative estimate of drug-likeness (QED) is 0.675. The van der Waals surface area contributed by atoms with E-state index in [9.17, 15) is 14.0 Å². The van der Waals surface area contributed by atoms with E-state index in [1.165, 1.54) is 12.1 Å². The lowest BCUT2D eigenvalue weighted by atomic mass is 10.1. The molecule has 0 aliphatic carbocycles. The summed E-state index contributed by atoms with van der Waals surface area (Å²) in [6, 6.07) is 5.98. The van der Waals surface area contributed by atoms with Crippen molar-refractivity contribution in [3.05, 3.63) is 35.6 Å². The number of hydrogen-bond donors (Lipinski definition) is 1. The Hall–Kier alpha value is -1.75. The van der Waals surface area contributed by atoms with Gasteiger partial charge >= 0.3 is 0 Å². The number of ketones is 1. The van der Waals surface area contributed by atoms with Crippen LogP contribution in [0.4, 0.5) is 4.39 Å². The number of carbonyl (C=O) groups excluding carboxylic acids is 2. The van der Waals surface area contributed by atoms with Crippen LogP contribution in [0.15, 0.2) is 24.3 Å². The Bertz CT molecular complexity index is 445. The van der Waals surface area contributed by atoms with Gasteiger partial charge in [0.1, 0.15) is 18.2 Å². The minimum atomic E-state index is -0.290. The molecule has 1 aromatic rings. The summed E-state index contributed by atoms with van der Waals surface area (Å²) < 4.78 is 17.9. The van der Waals surface area contributed by atoms with Gasteiger partial charge in [-0.15, -0.1) is 0 Å². The maximum Gasteiger partial charge on any atom is 0.246 e. The number of halogens is 1. The van der Waals surface area contributed by atoms with Crippen molar-refractivity contribution < 1.29 is 18.7 Å². The van der Waals surface area contributed by atoms with Gasteiger partial charge in [-0.3, -0.25) is 4.79 Å². The normalized spacial score (nSPS) is 10.4. The highest BCUT2D eigenvalue weighted by Crippen LogP contribution is 2.04. The first-order chi connectivity index (χ1) is 10.1. The van der Waals surface area contributed by atoms with Crippen molar-refractivity contribution in [2.24, 2.45) is 0 Å². The first kappa shape index (κ1) is 17.3. The predicted octanol–water partition coefficient (Wildman–Crippen LogP) is 2.61. The van der Waals surface area contributed by atoms with Gasteiger partial charge in [0.25, 0.3) is 0 Å². The van der Waals surface area contributed by atoms with E-state index >= 15 is 0 Å². The lowest BCUT2D eigenvalue weighted by Crippen LogP contribution is -2.28. The van der Waals surface area contributed by atoms with Crippen LogP contribution in [0.25, 0.3) is 0 Å². The number of benzene rings is 1. The highest BCUT2D eigenvalue weighted by molar-refractivity contribution is 5.77. The van der Waals surface area contributed by atoms with E-state index in [-0.39, 0.29) is 30.7 Å².